The zero-order valence-electron chi connectivity index (χ0n) is 21.3. The fourth-order valence-corrected chi connectivity index (χ4v) is 27.6. The quantitative estimate of drug-likeness (QED) is 0.175. The highest BCUT2D eigenvalue weighted by molar-refractivity contribution is 6.90. The van der Waals surface area contributed by atoms with Gasteiger partial charge in [-0.15, -0.1) is 0 Å². The van der Waals surface area contributed by atoms with Crippen molar-refractivity contribution in [2.24, 2.45) is 0 Å². The van der Waals surface area contributed by atoms with Gasteiger partial charge in [-0.2, -0.15) is 0 Å². The van der Waals surface area contributed by atoms with Gasteiger partial charge in [0.1, 0.15) is 0 Å². The van der Waals surface area contributed by atoms with Gasteiger partial charge < -0.3 is 31.4 Å². The van der Waals surface area contributed by atoms with Crippen molar-refractivity contribution >= 4 is 42.3 Å². The first-order valence-corrected chi connectivity index (χ1v) is 25.7. The molecular formula is C18H48O7Si5. The molecule has 0 amide bonds. The molecule has 0 bridgehead atoms. The molecule has 2 N–H and O–H groups in total. The second-order valence-corrected chi connectivity index (χ2v) is 30.8. The third-order valence-electron chi connectivity index (χ3n) is 3.86. The second kappa shape index (κ2) is 12.3. The van der Waals surface area contributed by atoms with Crippen LogP contribution in [0.15, 0.2) is 0 Å². The minimum atomic E-state index is -2.52. The lowest BCUT2D eigenvalue weighted by Crippen LogP contribution is -2.60. The molecule has 12 heteroatoms. The van der Waals surface area contributed by atoms with Crippen molar-refractivity contribution in [3.63, 3.8) is 0 Å². The van der Waals surface area contributed by atoms with Crippen LogP contribution in [-0.2, 0) is 21.2 Å². The predicted molar refractivity (Wildman–Crippen MR) is 135 cm³/mol. The summed E-state index contributed by atoms with van der Waals surface area (Å²) in [7, 11) is -10.9. The predicted octanol–water partition coefficient (Wildman–Crippen LogP) is 4.70. The summed E-state index contributed by atoms with van der Waals surface area (Å²) in [6.45, 7) is 24.2. The van der Waals surface area contributed by atoms with Crippen molar-refractivity contribution in [2.75, 3.05) is 13.2 Å². The Hall–Kier alpha value is 0.804. The molecule has 0 fully saturated rings. The Morgan fingerprint density at radius 2 is 1.17 bits per heavy atom. The molecule has 2 atom stereocenters. The first-order chi connectivity index (χ1) is 13.3. The van der Waals surface area contributed by atoms with Crippen LogP contribution >= 0.6 is 0 Å². The molecule has 0 aromatic heterocycles. The highest BCUT2D eigenvalue weighted by atomic mass is 28.5. The Bertz CT molecular complexity index is 496. The van der Waals surface area contributed by atoms with Crippen molar-refractivity contribution < 1.29 is 31.4 Å². The summed E-state index contributed by atoms with van der Waals surface area (Å²) in [5.41, 5.74) is 0. The van der Waals surface area contributed by atoms with Crippen molar-refractivity contribution in [3.8, 4) is 0 Å². The summed E-state index contributed by atoms with van der Waals surface area (Å²) in [4.78, 5) is 0. The standard InChI is InChI=1S/C18H48O7Si5/c1-12-15-29(10,24-28(8,9)22-26(2,3)4)25-30(11,23-27(5,6)7)16-13-14-21-17-18(19)20/h18-20H,12-17H2,1-11H3. The van der Waals surface area contributed by atoms with Gasteiger partial charge in [-0.25, -0.2) is 0 Å². The number of rotatable bonds is 16. The van der Waals surface area contributed by atoms with E-state index in [0.717, 1.165) is 24.9 Å². The number of ether oxygens (including phenoxy) is 1. The molecule has 2 unspecified atom stereocenters. The van der Waals surface area contributed by atoms with Crippen molar-refractivity contribution in [2.45, 2.75) is 104 Å². The molecular weight excluding hydrogens is 469 g/mol. The Labute approximate surface area is 190 Å². The van der Waals surface area contributed by atoms with Crippen LogP contribution in [0.4, 0.5) is 0 Å². The van der Waals surface area contributed by atoms with Gasteiger partial charge in [0, 0.05) is 6.61 Å². The lowest BCUT2D eigenvalue weighted by atomic mass is 10.5. The Kier molecular flexibility index (Phi) is 12.6. The number of aliphatic hydroxyl groups is 2. The molecule has 0 radical (unpaired) electrons. The minimum absolute atomic E-state index is 0.0762. The van der Waals surface area contributed by atoms with Crippen molar-refractivity contribution in [1.82, 2.24) is 0 Å². The third-order valence-corrected chi connectivity index (χ3v) is 22.3. The van der Waals surface area contributed by atoms with Crippen LogP contribution in [0.1, 0.15) is 19.8 Å². The van der Waals surface area contributed by atoms with Gasteiger partial charge in [0.15, 0.2) is 22.9 Å². The van der Waals surface area contributed by atoms with Gasteiger partial charge in [0.2, 0.25) is 0 Å². The molecule has 0 aliphatic heterocycles. The first kappa shape index (κ1) is 30.8. The molecule has 0 heterocycles. The summed E-state index contributed by atoms with van der Waals surface area (Å²) < 4.78 is 32.1. The van der Waals surface area contributed by atoms with Crippen LogP contribution in [0.5, 0.6) is 0 Å². The van der Waals surface area contributed by atoms with E-state index >= 15 is 0 Å². The molecule has 0 saturated heterocycles. The monoisotopic (exact) mass is 516 g/mol. The molecule has 182 valence electrons. The maximum absolute atomic E-state index is 8.94. The molecule has 0 rings (SSSR count). The van der Waals surface area contributed by atoms with Crippen LogP contribution in [0, 0.1) is 0 Å². The van der Waals surface area contributed by atoms with E-state index in [1.165, 1.54) is 0 Å². The van der Waals surface area contributed by atoms with E-state index < -0.39 is 48.6 Å². The van der Waals surface area contributed by atoms with Gasteiger partial charge in [0.25, 0.3) is 0 Å². The van der Waals surface area contributed by atoms with E-state index in [2.05, 4.69) is 72.4 Å². The van der Waals surface area contributed by atoms with Crippen LogP contribution < -0.4 is 0 Å². The van der Waals surface area contributed by atoms with Crippen molar-refractivity contribution in [1.29, 1.82) is 0 Å². The Morgan fingerprint density at radius 1 is 0.667 bits per heavy atom. The second-order valence-electron chi connectivity index (χ2n) is 10.7. The zero-order chi connectivity index (χ0) is 23.9. The summed E-state index contributed by atoms with van der Waals surface area (Å²) in [5.74, 6) is 0. The molecule has 0 spiro atoms. The van der Waals surface area contributed by atoms with Gasteiger partial charge in [-0.05, 0) is 84.0 Å². The van der Waals surface area contributed by atoms with Gasteiger partial charge in [-0.1, -0.05) is 13.3 Å². The van der Waals surface area contributed by atoms with E-state index in [4.69, 9.17) is 31.4 Å². The van der Waals surface area contributed by atoms with E-state index in [1.807, 2.05) is 0 Å². The van der Waals surface area contributed by atoms with Crippen LogP contribution in [0.25, 0.3) is 0 Å². The van der Waals surface area contributed by atoms with Crippen LogP contribution in [0.2, 0.25) is 77.6 Å². The van der Waals surface area contributed by atoms with Gasteiger partial charge in [-0.3, -0.25) is 0 Å². The van der Waals surface area contributed by atoms with E-state index in [0.29, 0.717) is 6.61 Å². The highest BCUT2D eigenvalue weighted by Gasteiger charge is 2.48. The molecule has 7 nitrogen and oxygen atoms in total. The zero-order valence-corrected chi connectivity index (χ0v) is 26.3. The van der Waals surface area contributed by atoms with E-state index in [9.17, 15) is 0 Å². The summed E-state index contributed by atoms with van der Waals surface area (Å²) >= 11 is 0. The maximum Gasteiger partial charge on any atom is 0.317 e. The van der Waals surface area contributed by atoms with Gasteiger partial charge in [0.05, 0.1) is 6.61 Å². The minimum Gasteiger partial charge on any atom is -0.437 e. The molecule has 0 aliphatic rings. The molecule has 30 heavy (non-hydrogen) atoms. The van der Waals surface area contributed by atoms with E-state index in [1.54, 1.807) is 0 Å². The lowest BCUT2D eigenvalue weighted by Gasteiger charge is -2.44. The molecule has 0 aromatic carbocycles. The lowest BCUT2D eigenvalue weighted by molar-refractivity contribution is -0.0945. The molecule has 0 saturated carbocycles. The van der Waals surface area contributed by atoms with Crippen molar-refractivity contribution in [3.05, 3.63) is 0 Å². The fourth-order valence-electron chi connectivity index (χ4n) is 3.77. The first-order valence-electron chi connectivity index (χ1n) is 11.0. The molecule has 0 aliphatic carbocycles. The summed E-state index contributed by atoms with van der Waals surface area (Å²) in [6, 6.07) is 1.69. The number of hydrogen-bond acceptors (Lipinski definition) is 7. The summed E-state index contributed by atoms with van der Waals surface area (Å²) in [5, 5.41) is 17.9. The van der Waals surface area contributed by atoms with Crippen LogP contribution in [0.3, 0.4) is 0 Å². The average molecular weight is 517 g/mol. The average Bonchev–Trinajstić information content (AvgIpc) is 2.39. The number of aliphatic hydroxyl groups excluding tert-OH is 1. The normalized spacial score (nSPS) is 17.8. The number of hydrogen-bond donors (Lipinski definition) is 2. The van der Waals surface area contributed by atoms with Gasteiger partial charge >= 0.3 is 25.7 Å². The SMILES string of the molecule is CCC[Si](C)(O[Si](C)(C)O[Si](C)(C)C)O[Si](C)(CCCOCC(O)O)O[Si](C)(C)C. The summed E-state index contributed by atoms with van der Waals surface area (Å²) in [6.07, 6.45) is 0.313. The fraction of sp³-hybridized carbons (Fsp3) is 1.00. The topological polar surface area (TPSA) is 86.6 Å². The maximum atomic E-state index is 8.94. The highest BCUT2D eigenvalue weighted by Crippen LogP contribution is 2.31. The third kappa shape index (κ3) is 15.6. The smallest absolute Gasteiger partial charge is 0.317 e. The van der Waals surface area contributed by atoms with Crippen LogP contribution in [-0.4, -0.2) is 72.0 Å². The Balaban J connectivity index is 5.41. The van der Waals surface area contributed by atoms with E-state index in [-0.39, 0.29) is 6.61 Å². The largest absolute Gasteiger partial charge is 0.437 e. The molecule has 0 aromatic rings. The Morgan fingerprint density at radius 3 is 1.60 bits per heavy atom.